The molecule has 0 aromatic carbocycles. The lowest BCUT2D eigenvalue weighted by atomic mass is 9.92. The summed E-state index contributed by atoms with van der Waals surface area (Å²) in [6.45, 7) is 6.39. The minimum absolute atomic E-state index is 0.0490. The van der Waals surface area contributed by atoms with Gasteiger partial charge in [0.1, 0.15) is 6.79 Å². The lowest BCUT2D eigenvalue weighted by Crippen LogP contribution is -2.44. The summed E-state index contributed by atoms with van der Waals surface area (Å²) in [4.78, 5) is 11.5. The normalized spacial score (nSPS) is 21.8. The molecule has 0 spiro atoms. The summed E-state index contributed by atoms with van der Waals surface area (Å²) in [5, 5.41) is 5.93. The predicted molar refractivity (Wildman–Crippen MR) is 61.0 cm³/mol. The van der Waals surface area contributed by atoms with Gasteiger partial charge in [0.15, 0.2) is 0 Å². The van der Waals surface area contributed by atoms with Crippen molar-refractivity contribution in [3.05, 3.63) is 0 Å². The second kappa shape index (κ2) is 6.18. The fourth-order valence-corrected chi connectivity index (χ4v) is 1.63. The molecular weight excluding hydrogens is 208 g/mol. The van der Waals surface area contributed by atoms with Crippen LogP contribution >= 0.6 is 0 Å². The van der Waals surface area contributed by atoms with E-state index in [1.807, 2.05) is 13.8 Å². The molecule has 0 aliphatic carbocycles. The molecule has 2 N–H and O–H groups in total. The van der Waals surface area contributed by atoms with E-state index in [1.165, 1.54) is 0 Å². The summed E-state index contributed by atoms with van der Waals surface area (Å²) in [5.74, 6) is 0.0490. The fraction of sp³-hybridized carbons (Fsp3) is 0.909. The van der Waals surface area contributed by atoms with Crippen LogP contribution in [0.1, 0.15) is 20.3 Å². The van der Waals surface area contributed by atoms with Gasteiger partial charge < -0.3 is 20.1 Å². The van der Waals surface area contributed by atoms with E-state index in [1.54, 1.807) is 7.05 Å². The number of nitrogens with one attached hydrogen (secondary N) is 2. The van der Waals surface area contributed by atoms with Crippen LogP contribution in [0.25, 0.3) is 0 Å². The van der Waals surface area contributed by atoms with Crippen LogP contribution in [0, 0.1) is 5.41 Å². The Kier molecular flexibility index (Phi) is 5.18. The van der Waals surface area contributed by atoms with Gasteiger partial charge in [0.25, 0.3) is 0 Å². The standard InChI is InChI=1S/C11H22N2O3/c1-11(2,10(14)12-3)7-13-6-9-4-5-15-8-16-9/h9,13H,4-8H2,1-3H3,(H,12,14). The highest BCUT2D eigenvalue weighted by Crippen LogP contribution is 2.13. The Morgan fingerprint density at radius 2 is 2.25 bits per heavy atom. The molecule has 0 saturated carbocycles. The molecule has 0 bridgehead atoms. The molecule has 1 atom stereocenters. The molecule has 1 amide bonds. The van der Waals surface area contributed by atoms with Crippen LogP contribution in [0.3, 0.4) is 0 Å². The van der Waals surface area contributed by atoms with Crippen LogP contribution in [0.4, 0.5) is 0 Å². The fourth-order valence-electron chi connectivity index (χ4n) is 1.63. The SMILES string of the molecule is CNC(=O)C(C)(C)CNCC1CCOCO1. The Morgan fingerprint density at radius 1 is 1.50 bits per heavy atom. The van der Waals surface area contributed by atoms with E-state index in [0.717, 1.165) is 19.6 Å². The molecule has 16 heavy (non-hydrogen) atoms. The second-order valence-electron chi connectivity index (χ2n) is 4.70. The number of hydrogen-bond acceptors (Lipinski definition) is 4. The Hall–Kier alpha value is -0.650. The molecule has 5 heteroatoms. The molecule has 0 aromatic heterocycles. The van der Waals surface area contributed by atoms with Crippen molar-refractivity contribution in [3.8, 4) is 0 Å². The molecular formula is C11H22N2O3. The van der Waals surface area contributed by atoms with E-state index >= 15 is 0 Å². The van der Waals surface area contributed by atoms with Gasteiger partial charge in [-0.2, -0.15) is 0 Å². The maximum atomic E-state index is 11.5. The lowest BCUT2D eigenvalue weighted by molar-refractivity contribution is -0.138. The van der Waals surface area contributed by atoms with Crippen molar-refractivity contribution in [1.82, 2.24) is 10.6 Å². The van der Waals surface area contributed by atoms with E-state index in [2.05, 4.69) is 10.6 Å². The third kappa shape index (κ3) is 4.08. The maximum Gasteiger partial charge on any atom is 0.226 e. The largest absolute Gasteiger partial charge is 0.359 e. The quantitative estimate of drug-likeness (QED) is 0.704. The van der Waals surface area contributed by atoms with Crippen LogP contribution in [-0.2, 0) is 14.3 Å². The molecule has 1 unspecified atom stereocenters. The van der Waals surface area contributed by atoms with Gasteiger partial charge in [-0.25, -0.2) is 0 Å². The second-order valence-corrected chi connectivity index (χ2v) is 4.70. The summed E-state index contributed by atoms with van der Waals surface area (Å²) in [7, 11) is 1.66. The van der Waals surface area contributed by atoms with Crippen molar-refractivity contribution in [3.63, 3.8) is 0 Å². The number of ether oxygens (including phenoxy) is 2. The maximum absolute atomic E-state index is 11.5. The Labute approximate surface area is 96.9 Å². The van der Waals surface area contributed by atoms with Crippen molar-refractivity contribution in [2.24, 2.45) is 5.41 Å². The molecule has 1 heterocycles. The molecule has 0 aromatic rings. The van der Waals surface area contributed by atoms with Crippen molar-refractivity contribution in [2.75, 3.05) is 33.5 Å². The highest BCUT2D eigenvalue weighted by atomic mass is 16.7. The number of carbonyl (C=O) groups is 1. The average molecular weight is 230 g/mol. The summed E-state index contributed by atoms with van der Waals surface area (Å²) < 4.78 is 10.5. The summed E-state index contributed by atoms with van der Waals surface area (Å²) >= 11 is 0. The van der Waals surface area contributed by atoms with Gasteiger partial charge in [-0.3, -0.25) is 4.79 Å². The van der Waals surface area contributed by atoms with Crippen molar-refractivity contribution >= 4 is 5.91 Å². The van der Waals surface area contributed by atoms with Gasteiger partial charge in [0.2, 0.25) is 5.91 Å². The summed E-state index contributed by atoms with van der Waals surface area (Å²) in [6, 6.07) is 0. The van der Waals surface area contributed by atoms with Crippen LogP contribution in [-0.4, -0.2) is 45.5 Å². The highest BCUT2D eigenvalue weighted by molar-refractivity contribution is 5.81. The smallest absolute Gasteiger partial charge is 0.226 e. The molecule has 1 aliphatic heterocycles. The van der Waals surface area contributed by atoms with Gasteiger partial charge in [0.05, 0.1) is 18.1 Å². The zero-order chi connectivity index (χ0) is 12.0. The molecule has 5 nitrogen and oxygen atoms in total. The first-order valence-electron chi connectivity index (χ1n) is 5.68. The number of rotatable bonds is 5. The number of carbonyl (C=O) groups excluding carboxylic acids is 1. The topological polar surface area (TPSA) is 59.6 Å². The molecule has 1 aliphatic rings. The third-order valence-corrected chi connectivity index (χ3v) is 2.75. The van der Waals surface area contributed by atoms with E-state index in [9.17, 15) is 4.79 Å². The van der Waals surface area contributed by atoms with Gasteiger partial charge in [-0.05, 0) is 20.3 Å². The first-order chi connectivity index (χ1) is 7.56. The molecule has 0 radical (unpaired) electrons. The van der Waals surface area contributed by atoms with E-state index in [0.29, 0.717) is 13.3 Å². The van der Waals surface area contributed by atoms with Gasteiger partial charge >= 0.3 is 0 Å². The minimum atomic E-state index is -0.389. The first-order valence-corrected chi connectivity index (χ1v) is 5.68. The Balaban J connectivity index is 2.20. The van der Waals surface area contributed by atoms with E-state index < -0.39 is 0 Å². The third-order valence-electron chi connectivity index (χ3n) is 2.75. The first kappa shape index (κ1) is 13.4. The monoisotopic (exact) mass is 230 g/mol. The van der Waals surface area contributed by atoms with E-state index in [-0.39, 0.29) is 17.4 Å². The van der Waals surface area contributed by atoms with Crippen LogP contribution in [0.15, 0.2) is 0 Å². The van der Waals surface area contributed by atoms with Gasteiger partial charge in [-0.15, -0.1) is 0 Å². The van der Waals surface area contributed by atoms with E-state index in [4.69, 9.17) is 9.47 Å². The highest BCUT2D eigenvalue weighted by Gasteiger charge is 2.26. The lowest BCUT2D eigenvalue weighted by Gasteiger charge is -2.26. The number of hydrogen-bond donors (Lipinski definition) is 2. The zero-order valence-electron chi connectivity index (χ0n) is 10.3. The van der Waals surface area contributed by atoms with Crippen LogP contribution in [0.2, 0.25) is 0 Å². The summed E-state index contributed by atoms with van der Waals surface area (Å²) in [5.41, 5.74) is -0.389. The van der Waals surface area contributed by atoms with Crippen LogP contribution in [0.5, 0.6) is 0 Å². The average Bonchev–Trinajstić information content (AvgIpc) is 2.29. The Bertz CT molecular complexity index is 225. The molecule has 1 saturated heterocycles. The van der Waals surface area contributed by atoms with Crippen molar-refractivity contribution < 1.29 is 14.3 Å². The summed E-state index contributed by atoms with van der Waals surface area (Å²) in [6.07, 6.45) is 1.11. The van der Waals surface area contributed by atoms with Crippen molar-refractivity contribution in [1.29, 1.82) is 0 Å². The minimum Gasteiger partial charge on any atom is -0.359 e. The predicted octanol–water partition coefficient (Wildman–Crippen LogP) is 0.111. The van der Waals surface area contributed by atoms with Gasteiger partial charge in [0, 0.05) is 20.1 Å². The molecule has 1 rings (SSSR count). The Morgan fingerprint density at radius 3 is 2.81 bits per heavy atom. The molecule has 1 fully saturated rings. The molecule has 94 valence electrons. The number of amides is 1. The van der Waals surface area contributed by atoms with Gasteiger partial charge in [-0.1, -0.05) is 0 Å². The van der Waals surface area contributed by atoms with Crippen LogP contribution < -0.4 is 10.6 Å². The zero-order valence-corrected chi connectivity index (χ0v) is 10.3. The van der Waals surface area contributed by atoms with Crippen molar-refractivity contribution in [2.45, 2.75) is 26.4 Å².